The third kappa shape index (κ3) is 4.75. The third-order valence-electron chi connectivity index (χ3n) is 7.55. The highest BCUT2D eigenvalue weighted by Crippen LogP contribution is 2.52. The van der Waals surface area contributed by atoms with Gasteiger partial charge in [0.1, 0.15) is 0 Å². The second-order valence-electron chi connectivity index (χ2n) is 11.2. The van der Waals surface area contributed by atoms with Gasteiger partial charge in [0.2, 0.25) is 0 Å². The first-order chi connectivity index (χ1) is 14.6. The Morgan fingerprint density at radius 1 is 1.23 bits per heavy atom. The Balaban J connectivity index is 1.65. The second kappa shape index (κ2) is 8.26. The average Bonchev–Trinajstić information content (AvgIpc) is 2.67. The highest BCUT2D eigenvalue weighted by molar-refractivity contribution is 5.96. The fraction of sp³-hybridized carbons (Fsp3) is 0.731. The Morgan fingerprint density at radius 2 is 2.00 bits per heavy atom. The standard InChI is InChI=1S/C26H38O5/c1-17-9-22-20(10-21(17)28)19(15-27)13-26(30-22)16-25(4,14-23(29-5)31-26)12-18-7-6-8-24(2,3)11-18/h9,11,13,20,22-23,27H,6-8,10,12,14-16H2,1-5H3/t20-,22-,23+,25-,26+/m1/s1. The molecule has 4 rings (SSSR count). The first-order valence-electron chi connectivity index (χ1n) is 11.7. The van der Waals surface area contributed by atoms with E-state index in [0.29, 0.717) is 12.8 Å². The van der Waals surface area contributed by atoms with Crippen molar-refractivity contribution in [2.24, 2.45) is 16.7 Å². The topological polar surface area (TPSA) is 65.0 Å². The summed E-state index contributed by atoms with van der Waals surface area (Å²) in [6.07, 6.45) is 12.2. The van der Waals surface area contributed by atoms with Crippen molar-refractivity contribution in [2.75, 3.05) is 13.7 Å². The van der Waals surface area contributed by atoms with Gasteiger partial charge < -0.3 is 19.3 Å². The molecule has 0 aromatic carbocycles. The van der Waals surface area contributed by atoms with Crippen molar-refractivity contribution in [3.63, 3.8) is 0 Å². The van der Waals surface area contributed by atoms with Gasteiger partial charge in [-0.05, 0) is 66.7 Å². The minimum absolute atomic E-state index is 0.0503. The summed E-state index contributed by atoms with van der Waals surface area (Å²) in [5.41, 5.74) is 3.29. The smallest absolute Gasteiger partial charge is 0.192 e. The number of rotatable bonds is 4. The SMILES string of the molecule is CO[C@@H]1C[C@@](C)(CC2=CC(C)(C)CCC2)C[C@]2(C=C(CO)[C@H]3CC(=O)C(C)=C[C@H]3O2)O1. The van der Waals surface area contributed by atoms with E-state index in [9.17, 15) is 9.90 Å². The van der Waals surface area contributed by atoms with Gasteiger partial charge in [-0.25, -0.2) is 0 Å². The minimum Gasteiger partial charge on any atom is -0.392 e. The van der Waals surface area contributed by atoms with Crippen molar-refractivity contribution in [2.45, 2.75) is 90.8 Å². The van der Waals surface area contributed by atoms with Crippen LogP contribution in [-0.2, 0) is 19.0 Å². The molecule has 2 aliphatic heterocycles. The molecule has 0 bridgehead atoms. The Morgan fingerprint density at radius 3 is 2.68 bits per heavy atom. The molecular weight excluding hydrogens is 392 g/mol. The second-order valence-corrected chi connectivity index (χ2v) is 11.2. The molecule has 5 nitrogen and oxygen atoms in total. The van der Waals surface area contributed by atoms with Crippen LogP contribution in [0, 0.1) is 16.7 Å². The zero-order valence-corrected chi connectivity index (χ0v) is 19.7. The quantitative estimate of drug-likeness (QED) is 0.646. The van der Waals surface area contributed by atoms with Crippen LogP contribution in [0.2, 0.25) is 0 Å². The summed E-state index contributed by atoms with van der Waals surface area (Å²) in [4.78, 5) is 12.3. The van der Waals surface area contributed by atoms with E-state index in [-0.39, 0.29) is 41.5 Å². The van der Waals surface area contributed by atoms with Gasteiger partial charge in [0.15, 0.2) is 17.9 Å². The summed E-state index contributed by atoms with van der Waals surface area (Å²) in [5, 5.41) is 10.1. The van der Waals surface area contributed by atoms with Gasteiger partial charge in [-0.15, -0.1) is 0 Å². The van der Waals surface area contributed by atoms with Crippen LogP contribution in [0.5, 0.6) is 0 Å². The molecule has 1 spiro atoms. The number of aliphatic hydroxyl groups excluding tert-OH is 1. The molecule has 0 aromatic heterocycles. The Kier molecular flexibility index (Phi) is 6.10. The predicted octanol–water partition coefficient (Wildman–Crippen LogP) is 4.85. The lowest BCUT2D eigenvalue weighted by molar-refractivity contribution is -0.338. The summed E-state index contributed by atoms with van der Waals surface area (Å²) in [5.74, 6) is -0.947. The van der Waals surface area contributed by atoms with Crippen LogP contribution in [0.4, 0.5) is 0 Å². The maximum absolute atomic E-state index is 12.3. The number of methoxy groups -OCH3 is 1. The fourth-order valence-corrected chi connectivity index (χ4v) is 6.16. The number of Topliss-reactive ketones (excluding diaryl/α,β-unsaturated/α-hetero) is 1. The number of aliphatic hydroxyl groups is 1. The number of fused-ring (bicyclic) bond motifs is 1. The summed E-state index contributed by atoms with van der Waals surface area (Å²) in [6, 6.07) is 0. The van der Waals surface area contributed by atoms with E-state index >= 15 is 0 Å². The van der Waals surface area contributed by atoms with Crippen LogP contribution in [0.15, 0.2) is 34.9 Å². The third-order valence-corrected chi connectivity index (χ3v) is 7.55. The first-order valence-corrected chi connectivity index (χ1v) is 11.7. The van der Waals surface area contributed by atoms with Crippen LogP contribution in [0.25, 0.3) is 0 Å². The van der Waals surface area contributed by atoms with Gasteiger partial charge in [0.25, 0.3) is 0 Å². The van der Waals surface area contributed by atoms with Gasteiger partial charge in [0, 0.05) is 32.3 Å². The lowest BCUT2D eigenvalue weighted by Crippen LogP contribution is -2.55. The highest BCUT2D eigenvalue weighted by Gasteiger charge is 2.52. The molecule has 172 valence electrons. The van der Waals surface area contributed by atoms with Crippen molar-refractivity contribution in [1.29, 1.82) is 0 Å². The molecule has 0 radical (unpaired) electrons. The monoisotopic (exact) mass is 430 g/mol. The summed E-state index contributed by atoms with van der Waals surface area (Å²) in [7, 11) is 1.68. The zero-order valence-electron chi connectivity index (χ0n) is 19.7. The van der Waals surface area contributed by atoms with Crippen molar-refractivity contribution < 1.29 is 24.1 Å². The predicted molar refractivity (Wildman–Crippen MR) is 119 cm³/mol. The van der Waals surface area contributed by atoms with Gasteiger partial charge >= 0.3 is 0 Å². The van der Waals surface area contributed by atoms with E-state index in [4.69, 9.17) is 14.2 Å². The normalized spacial score (nSPS) is 40.1. The number of ether oxygens (including phenoxy) is 3. The van der Waals surface area contributed by atoms with E-state index in [1.54, 1.807) is 7.11 Å². The minimum atomic E-state index is -0.950. The lowest BCUT2D eigenvalue weighted by atomic mass is 9.68. The number of hydrogen-bond acceptors (Lipinski definition) is 5. The van der Waals surface area contributed by atoms with Crippen molar-refractivity contribution >= 4 is 5.78 Å². The number of hydrogen-bond donors (Lipinski definition) is 1. The average molecular weight is 431 g/mol. The molecule has 0 aromatic rings. The van der Waals surface area contributed by atoms with Crippen LogP contribution < -0.4 is 0 Å². The Labute approximate surface area is 186 Å². The van der Waals surface area contributed by atoms with Crippen LogP contribution in [0.3, 0.4) is 0 Å². The van der Waals surface area contributed by atoms with Crippen LogP contribution >= 0.6 is 0 Å². The fourth-order valence-electron chi connectivity index (χ4n) is 6.16. The van der Waals surface area contributed by atoms with Crippen molar-refractivity contribution in [1.82, 2.24) is 0 Å². The largest absolute Gasteiger partial charge is 0.392 e. The number of ketones is 1. The molecular formula is C26H38O5. The van der Waals surface area contributed by atoms with Crippen LogP contribution in [0.1, 0.15) is 72.6 Å². The number of allylic oxidation sites excluding steroid dienone is 3. The van der Waals surface area contributed by atoms with Gasteiger partial charge in [0.05, 0.1) is 12.7 Å². The molecule has 0 amide bonds. The Hall–Kier alpha value is -1.27. The maximum Gasteiger partial charge on any atom is 0.192 e. The lowest BCUT2D eigenvalue weighted by Gasteiger charge is -2.52. The molecule has 2 heterocycles. The summed E-state index contributed by atoms with van der Waals surface area (Å²) >= 11 is 0. The van der Waals surface area contributed by atoms with Gasteiger partial charge in [-0.3, -0.25) is 4.79 Å². The number of carbonyl (C=O) groups is 1. The molecule has 2 aliphatic carbocycles. The molecule has 4 aliphatic rings. The zero-order chi connectivity index (χ0) is 22.4. The Bertz CT molecular complexity index is 822. The molecule has 31 heavy (non-hydrogen) atoms. The van der Waals surface area contributed by atoms with Crippen LogP contribution in [-0.4, -0.2) is 42.8 Å². The van der Waals surface area contributed by atoms with Gasteiger partial charge in [-0.1, -0.05) is 32.4 Å². The molecule has 5 atom stereocenters. The first kappa shape index (κ1) is 22.9. The summed E-state index contributed by atoms with van der Waals surface area (Å²) < 4.78 is 18.7. The maximum atomic E-state index is 12.3. The van der Waals surface area contributed by atoms with Gasteiger partial charge in [-0.2, -0.15) is 0 Å². The molecule has 0 unspecified atom stereocenters. The van der Waals surface area contributed by atoms with Crippen molar-refractivity contribution in [3.8, 4) is 0 Å². The van der Waals surface area contributed by atoms with Crippen molar-refractivity contribution in [3.05, 3.63) is 34.9 Å². The molecule has 0 saturated carbocycles. The molecule has 1 saturated heterocycles. The van der Waals surface area contributed by atoms with E-state index in [2.05, 4.69) is 26.8 Å². The van der Waals surface area contributed by atoms with E-state index in [1.165, 1.54) is 18.4 Å². The molecule has 1 N–H and O–H groups in total. The highest BCUT2D eigenvalue weighted by atomic mass is 16.8. The molecule has 5 heteroatoms. The van der Waals surface area contributed by atoms with E-state index < -0.39 is 5.79 Å². The van der Waals surface area contributed by atoms with E-state index in [1.807, 2.05) is 19.1 Å². The summed E-state index contributed by atoms with van der Waals surface area (Å²) in [6.45, 7) is 8.69. The van der Waals surface area contributed by atoms with E-state index in [0.717, 1.165) is 30.4 Å². The molecule has 1 fully saturated rings. The number of carbonyl (C=O) groups excluding carboxylic acids is 1.